The molecule has 134 valence electrons. The molecule has 25 heavy (non-hydrogen) atoms. The number of rotatable bonds is 5. The van der Waals surface area contributed by atoms with Gasteiger partial charge >= 0.3 is 0 Å². The normalized spacial score (nSPS) is 14.0. The second-order valence-electron chi connectivity index (χ2n) is 6.25. The van der Waals surface area contributed by atoms with Crippen LogP contribution >= 0.6 is 0 Å². The molecule has 2 atom stereocenters. The highest BCUT2D eigenvalue weighted by Gasteiger charge is 2.28. The van der Waals surface area contributed by atoms with E-state index in [9.17, 15) is 0 Å². The number of nitrogens with zero attached hydrogens (tertiary/aromatic N) is 9. The quantitative estimate of drug-likeness (QED) is 0.724. The molecule has 0 saturated carbocycles. The molecule has 10 heteroatoms. The molecule has 0 aliphatic heterocycles. The third-order valence-corrected chi connectivity index (χ3v) is 4.13. The van der Waals surface area contributed by atoms with E-state index in [1.807, 2.05) is 50.9 Å². The lowest BCUT2D eigenvalue weighted by Crippen LogP contribution is -2.35. The Bertz CT molecular complexity index is 886. The fourth-order valence-electron chi connectivity index (χ4n) is 3.07. The molecular formula is C15H24N10. The van der Waals surface area contributed by atoms with Gasteiger partial charge in [0.1, 0.15) is 47.2 Å². The minimum atomic E-state index is -0.468. The molecule has 0 aliphatic rings. The van der Waals surface area contributed by atoms with Gasteiger partial charge in [0.25, 0.3) is 0 Å². The van der Waals surface area contributed by atoms with Crippen molar-refractivity contribution in [2.45, 2.75) is 60.3 Å². The summed E-state index contributed by atoms with van der Waals surface area (Å²) in [5.74, 6) is 4.50. The molecule has 0 aromatic carbocycles. The number of aromatic nitrogens is 9. The van der Waals surface area contributed by atoms with Crippen molar-refractivity contribution in [2.75, 3.05) is 0 Å². The molecular weight excluding hydrogens is 320 g/mol. The van der Waals surface area contributed by atoms with E-state index >= 15 is 0 Å². The summed E-state index contributed by atoms with van der Waals surface area (Å²) in [5, 5.41) is 13.4. The van der Waals surface area contributed by atoms with Crippen molar-refractivity contribution >= 4 is 0 Å². The van der Waals surface area contributed by atoms with Gasteiger partial charge in [0, 0.05) is 0 Å². The van der Waals surface area contributed by atoms with Gasteiger partial charge in [-0.05, 0) is 41.5 Å². The summed E-state index contributed by atoms with van der Waals surface area (Å²) in [6.45, 7) is 11.8. The van der Waals surface area contributed by atoms with E-state index in [0.717, 1.165) is 23.3 Å². The first-order valence-corrected chi connectivity index (χ1v) is 8.19. The van der Waals surface area contributed by atoms with Gasteiger partial charge in [-0.15, -0.1) is 0 Å². The second kappa shape index (κ2) is 6.36. The Balaban J connectivity index is 2.03. The molecule has 10 nitrogen and oxygen atoms in total. The summed E-state index contributed by atoms with van der Waals surface area (Å²) in [7, 11) is 0. The molecule has 2 unspecified atom stereocenters. The van der Waals surface area contributed by atoms with E-state index in [1.54, 1.807) is 4.68 Å². The largest absolute Gasteiger partial charge is 0.308 e. The molecule has 0 spiro atoms. The smallest absolute Gasteiger partial charge is 0.147 e. The van der Waals surface area contributed by atoms with Crippen LogP contribution in [0.15, 0.2) is 0 Å². The lowest BCUT2D eigenvalue weighted by atomic mass is 10.2. The molecule has 0 radical (unpaired) electrons. The topological polar surface area (TPSA) is 118 Å². The minimum absolute atomic E-state index is 0.235. The van der Waals surface area contributed by atoms with Crippen LogP contribution in [-0.4, -0.2) is 44.3 Å². The second-order valence-corrected chi connectivity index (χ2v) is 6.25. The Morgan fingerprint density at radius 2 is 1.20 bits per heavy atom. The van der Waals surface area contributed by atoms with Crippen molar-refractivity contribution in [3.63, 3.8) is 0 Å². The van der Waals surface area contributed by atoms with Crippen LogP contribution < -0.4 is 5.73 Å². The highest BCUT2D eigenvalue weighted by atomic mass is 15.5. The van der Waals surface area contributed by atoms with E-state index in [2.05, 4.69) is 30.2 Å². The lowest BCUT2D eigenvalue weighted by Gasteiger charge is -2.26. The Kier molecular flexibility index (Phi) is 4.38. The van der Waals surface area contributed by atoms with E-state index in [-0.39, 0.29) is 6.04 Å². The van der Waals surface area contributed by atoms with Gasteiger partial charge in [-0.25, -0.2) is 29.0 Å². The Hall–Kier alpha value is -2.62. The van der Waals surface area contributed by atoms with Crippen LogP contribution in [-0.2, 0) is 6.54 Å². The van der Waals surface area contributed by atoms with Crippen molar-refractivity contribution in [3.05, 3.63) is 34.9 Å². The Labute approximate surface area is 146 Å². The standard InChI is InChI=1S/C15H24N10/c1-8-17-11(4)23(20-8)7-14(24-12(5)18-9(2)21-24)15(16)25-13(6)19-10(3)22-25/h14-15H,7,16H2,1-6H3. The Morgan fingerprint density at radius 3 is 1.64 bits per heavy atom. The van der Waals surface area contributed by atoms with Gasteiger partial charge in [-0.2, -0.15) is 15.3 Å². The van der Waals surface area contributed by atoms with Crippen molar-refractivity contribution in [1.29, 1.82) is 0 Å². The van der Waals surface area contributed by atoms with Crippen LogP contribution in [0.2, 0.25) is 0 Å². The fourth-order valence-corrected chi connectivity index (χ4v) is 3.07. The number of hydrogen-bond acceptors (Lipinski definition) is 7. The van der Waals surface area contributed by atoms with E-state index in [0.29, 0.717) is 18.2 Å². The molecule has 0 amide bonds. The molecule has 3 aromatic rings. The zero-order valence-corrected chi connectivity index (χ0v) is 15.5. The first-order chi connectivity index (χ1) is 11.8. The Morgan fingerprint density at radius 1 is 0.720 bits per heavy atom. The van der Waals surface area contributed by atoms with Crippen molar-refractivity contribution in [2.24, 2.45) is 5.73 Å². The maximum atomic E-state index is 6.58. The van der Waals surface area contributed by atoms with Crippen LogP contribution in [0.4, 0.5) is 0 Å². The summed E-state index contributed by atoms with van der Waals surface area (Å²) < 4.78 is 5.41. The first kappa shape index (κ1) is 17.2. The van der Waals surface area contributed by atoms with Gasteiger partial charge in [0.2, 0.25) is 0 Å². The average Bonchev–Trinajstić information content (AvgIpc) is 3.13. The summed E-state index contributed by atoms with van der Waals surface area (Å²) in [5.41, 5.74) is 6.58. The lowest BCUT2D eigenvalue weighted by molar-refractivity contribution is 0.243. The third-order valence-electron chi connectivity index (χ3n) is 4.13. The van der Waals surface area contributed by atoms with E-state index in [4.69, 9.17) is 5.73 Å². The highest BCUT2D eigenvalue weighted by Crippen LogP contribution is 2.23. The molecule has 0 saturated heterocycles. The molecule has 3 rings (SSSR count). The van der Waals surface area contributed by atoms with Crippen LogP contribution in [0.5, 0.6) is 0 Å². The zero-order chi connectivity index (χ0) is 18.3. The van der Waals surface area contributed by atoms with Crippen molar-refractivity contribution in [1.82, 2.24) is 44.3 Å². The first-order valence-electron chi connectivity index (χ1n) is 8.19. The zero-order valence-electron chi connectivity index (χ0n) is 15.5. The monoisotopic (exact) mass is 344 g/mol. The molecule has 3 heterocycles. The number of aryl methyl sites for hydroxylation is 6. The van der Waals surface area contributed by atoms with Gasteiger partial charge in [-0.1, -0.05) is 0 Å². The van der Waals surface area contributed by atoms with Crippen LogP contribution in [0.3, 0.4) is 0 Å². The van der Waals surface area contributed by atoms with Gasteiger partial charge in [-0.3, -0.25) is 0 Å². The molecule has 3 aromatic heterocycles. The summed E-state index contributed by atoms with van der Waals surface area (Å²) in [6.07, 6.45) is -0.468. The predicted octanol–water partition coefficient (Wildman–Crippen LogP) is 0.710. The molecule has 0 bridgehead atoms. The van der Waals surface area contributed by atoms with Crippen molar-refractivity contribution in [3.8, 4) is 0 Å². The van der Waals surface area contributed by atoms with Crippen LogP contribution in [0.1, 0.15) is 47.2 Å². The van der Waals surface area contributed by atoms with Crippen molar-refractivity contribution < 1.29 is 0 Å². The fraction of sp³-hybridized carbons (Fsp3) is 0.600. The molecule has 0 aliphatic carbocycles. The highest BCUT2D eigenvalue weighted by molar-refractivity contribution is 4.97. The molecule has 2 N–H and O–H groups in total. The van der Waals surface area contributed by atoms with Crippen LogP contribution in [0, 0.1) is 41.5 Å². The predicted molar refractivity (Wildman–Crippen MR) is 90.7 cm³/mol. The SMILES string of the molecule is Cc1nc(C)n(CC(C(N)n2nc(C)nc2C)n2nc(C)nc2C)n1. The number of nitrogens with two attached hydrogens (primary N) is 1. The van der Waals surface area contributed by atoms with Crippen LogP contribution in [0.25, 0.3) is 0 Å². The maximum Gasteiger partial charge on any atom is 0.147 e. The van der Waals surface area contributed by atoms with Gasteiger partial charge in [0.05, 0.1) is 6.54 Å². The van der Waals surface area contributed by atoms with Gasteiger partial charge < -0.3 is 5.73 Å². The third kappa shape index (κ3) is 3.29. The summed E-state index contributed by atoms with van der Waals surface area (Å²) >= 11 is 0. The number of hydrogen-bond donors (Lipinski definition) is 1. The molecule has 0 fully saturated rings. The van der Waals surface area contributed by atoms with E-state index in [1.165, 1.54) is 0 Å². The average molecular weight is 344 g/mol. The summed E-state index contributed by atoms with van der Waals surface area (Å²) in [4.78, 5) is 13.1. The minimum Gasteiger partial charge on any atom is -0.308 e. The van der Waals surface area contributed by atoms with E-state index < -0.39 is 6.17 Å². The van der Waals surface area contributed by atoms with Gasteiger partial charge in [0.15, 0.2) is 0 Å². The maximum absolute atomic E-state index is 6.58. The summed E-state index contributed by atoms with van der Waals surface area (Å²) in [6, 6.07) is -0.235.